The monoisotopic (exact) mass is 330 g/mol. The van der Waals surface area contributed by atoms with Crippen LogP contribution in [0.3, 0.4) is 0 Å². The number of nitrogens with zero attached hydrogens (tertiary/aromatic N) is 4. The van der Waals surface area contributed by atoms with Gasteiger partial charge in [0.15, 0.2) is 5.65 Å². The van der Waals surface area contributed by atoms with Crippen molar-refractivity contribution in [2.75, 3.05) is 44.9 Å². The van der Waals surface area contributed by atoms with E-state index in [2.05, 4.69) is 50.5 Å². The Morgan fingerprint density at radius 3 is 2.75 bits per heavy atom. The van der Waals surface area contributed by atoms with Gasteiger partial charge in [0.2, 0.25) is 5.95 Å². The van der Waals surface area contributed by atoms with Gasteiger partial charge >= 0.3 is 0 Å². The van der Waals surface area contributed by atoms with Crippen LogP contribution in [0.15, 0.2) is 6.07 Å². The molecule has 1 fully saturated rings. The Morgan fingerprint density at radius 1 is 1.25 bits per heavy atom. The number of aromatic nitrogens is 3. The minimum absolute atomic E-state index is 0.154. The summed E-state index contributed by atoms with van der Waals surface area (Å²) in [6.07, 6.45) is 1.15. The lowest BCUT2D eigenvalue weighted by Crippen LogP contribution is -2.50. The first-order valence-corrected chi connectivity index (χ1v) is 8.33. The van der Waals surface area contributed by atoms with Gasteiger partial charge in [0.25, 0.3) is 0 Å². The van der Waals surface area contributed by atoms with Gasteiger partial charge in [-0.2, -0.15) is 9.97 Å². The molecule has 3 rings (SSSR count). The zero-order valence-corrected chi connectivity index (χ0v) is 15.1. The lowest BCUT2D eigenvalue weighted by atomic mass is 10.0. The quantitative estimate of drug-likeness (QED) is 0.885. The van der Waals surface area contributed by atoms with Gasteiger partial charge in [-0.05, 0) is 38.9 Å². The maximum Gasteiger partial charge on any atom is 0.227 e. The molecule has 7 heteroatoms. The molecule has 2 aromatic rings. The fourth-order valence-electron chi connectivity index (χ4n) is 3.40. The van der Waals surface area contributed by atoms with Crippen molar-refractivity contribution in [2.45, 2.75) is 32.4 Å². The van der Waals surface area contributed by atoms with E-state index in [-0.39, 0.29) is 12.1 Å². The second kappa shape index (κ2) is 6.86. The second-order valence-electron chi connectivity index (χ2n) is 6.50. The summed E-state index contributed by atoms with van der Waals surface area (Å²) in [7, 11) is 5.76. The number of likely N-dealkylation sites (N-methyl/N-ethyl adjacent to an activating group) is 1. The molecule has 1 aliphatic rings. The standard InChI is InChI=1S/C17H26N6O/c1-10-8-11(2)19-16-14(10)15(18-3)21-17(22-16)20-12-9-23(4)7-6-13(12)24-5/h8,12-13H,6-7,9H2,1-5H3,(H2,18,19,20,21,22). The molecule has 3 heterocycles. The summed E-state index contributed by atoms with van der Waals surface area (Å²) >= 11 is 0. The highest BCUT2D eigenvalue weighted by atomic mass is 16.5. The molecular weight excluding hydrogens is 304 g/mol. The van der Waals surface area contributed by atoms with Crippen LogP contribution in [0, 0.1) is 13.8 Å². The molecule has 1 aliphatic heterocycles. The molecule has 2 unspecified atom stereocenters. The van der Waals surface area contributed by atoms with Crippen molar-refractivity contribution in [3.8, 4) is 0 Å². The molecule has 130 valence electrons. The number of methoxy groups -OCH3 is 1. The molecule has 2 aromatic heterocycles. The first-order chi connectivity index (χ1) is 11.5. The van der Waals surface area contributed by atoms with Crippen molar-refractivity contribution in [1.82, 2.24) is 19.9 Å². The van der Waals surface area contributed by atoms with Crippen molar-refractivity contribution in [3.05, 3.63) is 17.3 Å². The summed E-state index contributed by atoms with van der Waals surface area (Å²) in [4.78, 5) is 16.2. The van der Waals surface area contributed by atoms with E-state index in [0.717, 1.165) is 42.0 Å². The Labute approximate surface area is 142 Å². The number of piperidine rings is 1. The zero-order valence-electron chi connectivity index (χ0n) is 15.1. The predicted molar refractivity (Wildman–Crippen MR) is 96.7 cm³/mol. The molecule has 2 atom stereocenters. The summed E-state index contributed by atoms with van der Waals surface area (Å²) in [5.41, 5.74) is 2.80. The normalized spacial score (nSPS) is 21.9. The Balaban J connectivity index is 1.97. The first-order valence-electron chi connectivity index (χ1n) is 8.33. The number of nitrogens with one attached hydrogen (secondary N) is 2. The highest BCUT2D eigenvalue weighted by Crippen LogP contribution is 2.25. The van der Waals surface area contributed by atoms with Gasteiger partial charge in [-0.25, -0.2) is 4.98 Å². The molecule has 0 aliphatic carbocycles. The lowest BCUT2D eigenvalue weighted by Gasteiger charge is -2.36. The van der Waals surface area contributed by atoms with Gasteiger partial charge in [0.1, 0.15) is 5.82 Å². The van der Waals surface area contributed by atoms with Crippen LogP contribution in [0.4, 0.5) is 11.8 Å². The van der Waals surface area contributed by atoms with Gasteiger partial charge in [-0.1, -0.05) is 0 Å². The number of pyridine rings is 1. The van der Waals surface area contributed by atoms with E-state index in [1.165, 1.54) is 0 Å². The highest BCUT2D eigenvalue weighted by Gasteiger charge is 2.28. The number of ether oxygens (including phenoxy) is 1. The van der Waals surface area contributed by atoms with Crippen molar-refractivity contribution in [3.63, 3.8) is 0 Å². The van der Waals surface area contributed by atoms with Crippen LogP contribution in [-0.4, -0.2) is 66.3 Å². The van der Waals surface area contributed by atoms with Crippen molar-refractivity contribution < 1.29 is 4.74 Å². The lowest BCUT2D eigenvalue weighted by molar-refractivity contribution is 0.0376. The Bertz CT molecular complexity index is 735. The van der Waals surface area contributed by atoms with E-state index < -0.39 is 0 Å². The summed E-state index contributed by atoms with van der Waals surface area (Å²) in [6.45, 7) is 5.98. The number of fused-ring (bicyclic) bond motifs is 1. The van der Waals surface area contributed by atoms with Crippen molar-refractivity contribution >= 4 is 22.8 Å². The minimum atomic E-state index is 0.154. The summed E-state index contributed by atoms with van der Waals surface area (Å²) in [6, 6.07) is 2.21. The zero-order chi connectivity index (χ0) is 17.3. The molecule has 1 saturated heterocycles. The average molecular weight is 330 g/mol. The minimum Gasteiger partial charge on any atom is -0.379 e. The second-order valence-corrected chi connectivity index (χ2v) is 6.50. The fourth-order valence-corrected chi connectivity index (χ4v) is 3.40. The van der Waals surface area contributed by atoms with E-state index in [1.54, 1.807) is 7.11 Å². The molecule has 0 aromatic carbocycles. The molecular formula is C17H26N6O. The maximum absolute atomic E-state index is 5.63. The molecule has 7 nitrogen and oxygen atoms in total. The van der Waals surface area contributed by atoms with Crippen LogP contribution < -0.4 is 10.6 Å². The molecule has 0 amide bonds. The van der Waals surface area contributed by atoms with Crippen LogP contribution in [0.5, 0.6) is 0 Å². The van der Waals surface area contributed by atoms with Crippen LogP contribution in [0.25, 0.3) is 11.0 Å². The first kappa shape index (κ1) is 16.9. The number of hydrogen-bond donors (Lipinski definition) is 2. The molecule has 0 spiro atoms. The molecule has 0 radical (unpaired) electrons. The summed E-state index contributed by atoms with van der Waals surface area (Å²) in [5.74, 6) is 1.39. The Morgan fingerprint density at radius 2 is 2.04 bits per heavy atom. The van der Waals surface area contributed by atoms with Crippen LogP contribution in [0.2, 0.25) is 0 Å². The van der Waals surface area contributed by atoms with Crippen LogP contribution in [-0.2, 0) is 4.74 Å². The van der Waals surface area contributed by atoms with Gasteiger partial charge in [0, 0.05) is 32.9 Å². The van der Waals surface area contributed by atoms with E-state index in [4.69, 9.17) is 4.74 Å². The van der Waals surface area contributed by atoms with Gasteiger partial charge in [-0.15, -0.1) is 0 Å². The third-order valence-electron chi connectivity index (χ3n) is 4.60. The van der Waals surface area contributed by atoms with Gasteiger partial charge < -0.3 is 20.3 Å². The smallest absolute Gasteiger partial charge is 0.227 e. The van der Waals surface area contributed by atoms with Crippen LogP contribution >= 0.6 is 0 Å². The Hall–Kier alpha value is -1.99. The van der Waals surface area contributed by atoms with Crippen molar-refractivity contribution in [2.24, 2.45) is 0 Å². The maximum atomic E-state index is 5.63. The number of aryl methyl sites for hydroxylation is 2. The number of hydrogen-bond acceptors (Lipinski definition) is 7. The van der Waals surface area contributed by atoms with E-state index >= 15 is 0 Å². The average Bonchev–Trinajstić information content (AvgIpc) is 2.53. The summed E-state index contributed by atoms with van der Waals surface area (Å²) < 4.78 is 5.63. The molecule has 24 heavy (non-hydrogen) atoms. The largest absolute Gasteiger partial charge is 0.379 e. The van der Waals surface area contributed by atoms with E-state index in [9.17, 15) is 0 Å². The number of anilines is 2. The Kier molecular flexibility index (Phi) is 4.82. The van der Waals surface area contributed by atoms with Gasteiger partial charge in [0.05, 0.1) is 17.5 Å². The van der Waals surface area contributed by atoms with E-state index in [0.29, 0.717) is 11.6 Å². The fraction of sp³-hybridized carbons (Fsp3) is 0.588. The number of rotatable bonds is 4. The SMILES string of the molecule is CNc1nc(NC2CN(C)CCC2OC)nc2nc(C)cc(C)c12. The van der Waals surface area contributed by atoms with E-state index in [1.807, 2.05) is 14.0 Å². The van der Waals surface area contributed by atoms with Gasteiger partial charge in [-0.3, -0.25) is 0 Å². The third-order valence-corrected chi connectivity index (χ3v) is 4.60. The topological polar surface area (TPSA) is 75.2 Å². The highest BCUT2D eigenvalue weighted by molar-refractivity contribution is 5.90. The van der Waals surface area contributed by atoms with Crippen molar-refractivity contribution in [1.29, 1.82) is 0 Å². The summed E-state index contributed by atoms with van der Waals surface area (Å²) in [5, 5.41) is 7.59. The molecule has 0 saturated carbocycles. The molecule has 2 N–H and O–H groups in total. The third kappa shape index (κ3) is 3.27. The predicted octanol–water partition coefficient (Wildman–Crippen LogP) is 1.81. The number of likely N-dealkylation sites (tertiary alicyclic amines) is 1. The van der Waals surface area contributed by atoms with Crippen LogP contribution in [0.1, 0.15) is 17.7 Å². The molecule has 0 bridgehead atoms.